The number of carbonyl (C=O) groups excluding carboxylic acids is 1. The number of ether oxygens (including phenoxy) is 1. The molecule has 0 aliphatic carbocycles. The van der Waals surface area contributed by atoms with Crippen molar-refractivity contribution in [2.45, 2.75) is 13.0 Å². The highest BCUT2D eigenvalue weighted by Gasteiger charge is 2.17. The van der Waals surface area contributed by atoms with Gasteiger partial charge < -0.3 is 9.30 Å². The minimum Gasteiger partial charge on any atom is -0.425 e. The summed E-state index contributed by atoms with van der Waals surface area (Å²) >= 11 is 0. The molecule has 0 unspecified atom stereocenters. The number of imidazole rings is 1. The number of fused-ring (bicyclic) bond motifs is 1. The van der Waals surface area contributed by atoms with Crippen LogP contribution in [-0.4, -0.2) is 24.7 Å². The Kier molecular flexibility index (Phi) is 5.05. The number of benzene rings is 2. The maximum Gasteiger partial charge on any atom is 0.332 e. The van der Waals surface area contributed by atoms with Gasteiger partial charge in [-0.3, -0.25) is 13.9 Å². The van der Waals surface area contributed by atoms with Crippen molar-refractivity contribution in [2.24, 2.45) is 14.1 Å². The molecule has 152 valence electrons. The average molecular weight is 404 g/mol. The summed E-state index contributed by atoms with van der Waals surface area (Å²) < 4.78 is 9.26. The Hall–Kier alpha value is -3.94. The number of carbonyl (C=O) groups is 1. The van der Waals surface area contributed by atoms with Crippen molar-refractivity contribution in [3.8, 4) is 5.75 Å². The molecule has 0 fully saturated rings. The fourth-order valence-corrected chi connectivity index (χ4v) is 3.38. The van der Waals surface area contributed by atoms with Gasteiger partial charge in [0, 0.05) is 20.5 Å². The van der Waals surface area contributed by atoms with Gasteiger partial charge in [0.25, 0.3) is 5.56 Å². The smallest absolute Gasteiger partial charge is 0.332 e. The van der Waals surface area contributed by atoms with E-state index in [9.17, 15) is 14.4 Å². The van der Waals surface area contributed by atoms with E-state index in [-0.39, 0.29) is 17.7 Å². The number of aryl methyl sites for hydroxylation is 1. The van der Waals surface area contributed by atoms with Crippen LogP contribution in [0, 0.1) is 0 Å². The zero-order chi connectivity index (χ0) is 21.3. The lowest BCUT2D eigenvalue weighted by atomic mass is 10.0. The van der Waals surface area contributed by atoms with Gasteiger partial charge in [0.2, 0.25) is 0 Å². The first-order chi connectivity index (χ1) is 14.5. The van der Waals surface area contributed by atoms with E-state index in [2.05, 4.69) is 4.98 Å². The number of rotatable bonds is 5. The van der Waals surface area contributed by atoms with Crippen molar-refractivity contribution >= 4 is 17.1 Å². The summed E-state index contributed by atoms with van der Waals surface area (Å²) in [7, 11) is 2.92. The molecule has 0 saturated carbocycles. The van der Waals surface area contributed by atoms with Crippen molar-refractivity contribution in [1.82, 2.24) is 18.7 Å². The molecule has 8 heteroatoms. The molecule has 0 N–H and O–H groups in total. The molecule has 0 atom stereocenters. The Bertz CT molecular complexity index is 1350. The molecule has 4 aromatic rings. The Labute approximate surface area is 171 Å². The van der Waals surface area contributed by atoms with E-state index in [1.807, 2.05) is 42.5 Å². The molecule has 2 aromatic carbocycles. The summed E-state index contributed by atoms with van der Waals surface area (Å²) in [5, 5.41) is 0. The maximum atomic E-state index is 12.6. The largest absolute Gasteiger partial charge is 0.425 e. The Morgan fingerprint density at radius 3 is 2.43 bits per heavy atom. The van der Waals surface area contributed by atoms with E-state index in [1.54, 1.807) is 12.1 Å². The predicted octanol–water partition coefficient (Wildman–Crippen LogP) is 1.63. The number of nitrogens with zero attached hydrogens (tertiary/aromatic N) is 4. The van der Waals surface area contributed by atoms with Crippen LogP contribution >= 0.6 is 0 Å². The highest BCUT2D eigenvalue weighted by molar-refractivity contribution is 5.76. The molecule has 2 aromatic heterocycles. The van der Waals surface area contributed by atoms with Crippen LogP contribution in [0.1, 0.15) is 11.1 Å². The molecule has 0 aliphatic rings. The molecule has 0 saturated heterocycles. The van der Waals surface area contributed by atoms with E-state index < -0.39 is 17.2 Å². The normalized spacial score (nSPS) is 11.0. The van der Waals surface area contributed by atoms with Crippen molar-refractivity contribution in [2.75, 3.05) is 0 Å². The molecule has 4 rings (SSSR count). The topological polar surface area (TPSA) is 88.1 Å². The van der Waals surface area contributed by atoms with Gasteiger partial charge in [-0.15, -0.1) is 0 Å². The minimum absolute atomic E-state index is 0.175. The van der Waals surface area contributed by atoms with E-state index in [0.29, 0.717) is 12.2 Å². The van der Waals surface area contributed by atoms with Gasteiger partial charge in [-0.1, -0.05) is 48.5 Å². The first kappa shape index (κ1) is 19.4. The van der Waals surface area contributed by atoms with Crippen molar-refractivity contribution in [3.05, 3.63) is 92.9 Å². The second kappa shape index (κ2) is 7.82. The van der Waals surface area contributed by atoms with Gasteiger partial charge in [0.15, 0.2) is 11.2 Å². The minimum atomic E-state index is -0.536. The van der Waals surface area contributed by atoms with Gasteiger partial charge in [-0.05, 0) is 17.2 Å². The number of esters is 1. The van der Waals surface area contributed by atoms with Crippen molar-refractivity contribution in [1.29, 1.82) is 0 Å². The zero-order valence-electron chi connectivity index (χ0n) is 16.6. The Morgan fingerprint density at radius 2 is 1.67 bits per heavy atom. The maximum absolute atomic E-state index is 12.6. The molecular weight excluding hydrogens is 384 g/mol. The number of hydrogen-bond donors (Lipinski definition) is 0. The third kappa shape index (κ3) is 3.55. The third-order valence-corrected chi connectivity index (χ3v) is 4.95. The van der Waals surface area contributed by atoms with Gasteiger partial charge in [-0.2, -0.15) is 0 Å². The van der Waals surface area contributed by atoms with Gasteiger partial charge in [0.1, 0.15) is 12.3 Å². The average Bonchev–Trinajstić information content (AvgIpc) is 3.16. The second-order valence-electron chi connectivity index (χ2n) is 6.99. The Balaban J connectivity index is 1.60. The number of hydrogen-bond acceptors (Lipinski definition) is 5. The third-order valence-electron chi connectivity index (χ3n) is 4.95. The summed E-state index contributed by atoms with van der Waals surface area (Å²) in [5.41, 5.74) is 1.39. The molecule has 8 nitrogen and oxygen atoms in total. The van der Waals surface area contributed by atoms with E-state index in [4.69, 9.17) is 4.74 Å². The van der Waals surface area contributed by atoms with E-state index in [0.717, 1.165) is 15.7 Å². The molecule has 0 aliphatic heterocycles. The second-order valence-corrected chi connectivity index (χ2v) is 6.99. The van der Waals surface area contributed by atoms with Crippen molar-refractivity contribution < 1.29 is 9.53 Å². The van der Waals surface area contributed by atoms with Crippen LogP contribution in [0.4, 0.5) is 0 Å². The number of para-hydroxylation sites is 1. The van der Waals surface area contributed by atoms with Crippen LogP contribution < -0.4 is 16.0 Å². The van der Waals surface area contributed by atoms with Crippen LogP contribution in [0.2, 0.25) is 0 Å². The summed E-state index contributed by atoms with van der Waals surface area (Å²) in [6.07, 6.45) is 1.99. The highest BCUT2D eigenvalue weighted by atomic mass is 16.5. The van der Waals surface area contributed by atoms with Gasteiger partial charge >= 0.3 is 11.7 Å². The summed E-state index contributed by atoms with van der Waals surface area (Å²) in [5.74, 6) is -0.0678. The SMILES string of the molecule is Cn1c(=O)c2c(ncn2CC(=O)Oc2ccccc2Cc2ccccc2)n(C)c1=O. The van der Waals surface area contributed by atoms with E-state index in [1.165, 1.54) is 29.6 Å². The molecule has 30 heavy (non-hydrogen) atoms. The molecule has 0 amide bonds. The van der Waals surface area contributed by atoms with Gasteiger partial charge in [-0.25, -0.2) is 14.6 Å². The van der Waals surface area contributed by atoms with Crippen LogP contribution in [0.5, 0.6) is 5.75 Å². The molecule has 0 radical (unpaired) electrons. The fraction of sp³-hybridized carbons (Fsp3) is 0.182. The molecule has 0 spiro atoms. The monoisotopic (exact) mass is 404 g/mol. The van der Waals surface area contributed by atoms with Gasteiger partial charge in [0.05, 0.1) is 6.33 Å². The van der Waals surface area contributed by atoms with Crippen LogP contribution in [-0.2, 0) is 31.9 Å². The van der Waals surface area contributed by atoms with Crippen LogP contribution in [0.25, 0.3) is 11.2 Å². The van der Waals surface area contributed by atoms with E-state index >= 15 is 0 Å². The van der Waals surface area contributed by atoms with Crippen LogP contribution in [0.15, 0.2) is 70.5 Å². The Morgan fingerprint density at radius 1 is 0.967 bits per heavy atom. The summed E-state index contributed by atoms with van der Waals surface area (Å²) in [6, 6.07) is 17.2. The van der Waals surface area contributed by atoms with Crippen LogP contribution in [0.3, 0.4) is 0 Å². The molecule has 2 heterocycles. The fourth-order valence-electron chi connectivity index (χ4n) is 3.38. The summed E-state index contributed by atoms with van der Waals surface area (Å²) in [4.78, 5) is 41.3. The first-order valence-corrected chi connectivity index (χ1v) is 9.39. The number of aromatic nitrogens is 4. The lowest BCUT2D eigenvalue weighted by Crippen LogP contribution is -2.37. The quantitative estimate of drug-likeness (QED) is 0.373. The molecular formula is C22H20N4O4. The molecule has 0 bridgehead atoms. The zero-order valence-corrected chi connectivity index (χ0v) is 16.6. The highest BCUT2D eigenvalue weighted by Crippen LogP contribution is 2.22. The van der Waals surface area contributed by atoms with Crippen molar-refractivity contribution in [3.63, 3.8) is 0 Å². The lowest BCUT2D eigenvalue weighted by molar-refractivity contribution is -0.135. The standard InChI is InChI=1S/C22H20N4O4/c1-24-20-19(21(28)25(2)22(24)29)26(14-23-20)13-18(27)30-17-11-7-6-10-16(17)12-15-8-4-3-5-9-15/h3-11,14H,12-13H2,1-2H3. The lowest BCUT2D eigenvalue weighted by Gasteiger charge is -2.11. The predicted molar refractivity (Wildman–Crippen MR) is 112 cm³/mol. The summed E-state index contributed by atoms with van der Waals surface area (Å²) in [6.45, 7) is -0.205. The first-order valence-electron chi connectivity index (χ1n) is 9.39.